The zero-order valence-electron chi connectivity index (χ0n) is 20.3. The third-order valence-corrected chi connectivity index (χ3v) is 7.26. The van der Waals surface area contributed by atoms with Gasteiger partial charge in [-0.15, -0.1) is 0 Å². The lowest BCUT2D eigenvalue weighted by Crippen LogP contribution is -2.51. The molecule has 0 aromatic heterocycles. The molecule has 0 aliphatic heterocycles. The molecule has 6 nitrogen and oxygen atoms in total. The highest BCUT2D eigenvalue weighted by Gasteiger charge is 2.57. The summed E-state index contributed by atoms with van der Waals surface area (Å²) in [5, 5.41) is 9.38. The summed E-state index contributed by atoms with van der Waals surface area (Å²) in [6.45, 7) is 0.349. The molecule has 1 aliphatic rings. The Bertz CT molecular complexity index is 1460. The van der Waals surface area contributed by atoms with Crippen molar-refractivity contribution in [2.45, 2.75) is 11.8 Å². The van der Waals surface area contributed by atoms with E-state index in [0.717, 1.165) is 11.1 Å². The van der Waals surface area contributed by atoms with E-state index in [1.165, 1.54) is 12.1 Å². The second-order valence-electron chi connectivity index (χ2n) is 9.27. The summed E-state index contributed by atoms with van der Waals surface area (Å²) in [4.78, 5) is 50.1. The summed E-state index contributed by atoms with van der Waals surface area (Å²) < 4.78 is 4.94. The summed E-state index contributed by atoms with van der Waals surface area (Å²) in [7, 11) is 0. The standard InChI is InChI=1S/C32H24O6/c33-19-38-25-17-15-21(16-18-25)27-26(20-11-13-24(14-12-20)32(36)37)28(30(34)22-7-3-1-4-8-22)29(27)31(35)23-9-5-2-6-10-23/h1-19,26-29H,(H,36,37)/t26-,27+,28+,29-/m1/s1. The molecule has 0 spiro atoms. The van der Waals surface area contributed by atoms with Crippen molar-refractivity contribution in [3.63, 3.8) is 0 Å². The molecular formula is C32H24O6. The minimum absolute atomic E-state index is 0.128. The molecule has 1 N–H and O–H groups in total. The number of carbonyl (C=O) groups excluding carboxylic acids is 3. The molecule has 38 heavy (non-hydrogen) atoms. The third-order valence-electron chi connectivity index (χ3n) is 7.26. The molecule has 4 aromatic rings. The molecule has 188 valence electrons. The number of Topliss-reactive ketones (excluding diaryl/α,β-unsaturated/α-hetero) is 2. The molecule has 0 heterocycles. The number of ketones is 2. The zero-order valence-corrected chi connectivity index (χ0v) is 20.3. The van der Waals surface area contributed by atoms with Gasteiger partial charge in [-0.1, -0.05) is 84.9 Å². The van der Waals surface area contributed by atoms with Crippen LogP contribution in [0.4, 0.5) is 0 Å². The second kappa shape index (κ2) is 10.6. The molecule has 0 unspecified atom stereocenters. The molecule has 0 saturated heterocycles. The van der Waals surface area contributed by atoms with Crippen molar-refractivity contribution in [3.05, 3.63) is 137 Å². The molecule has 4 atom stereocenters. The van der Waals surface area contributed by atoms with Gasteiger partial charge in [0.05, 0.1) is 5.56 Å². The van der Waals surface area contributed by atoms with E-state index in [1.54, 1.807) is 84.9 Å². The van der Waals surface area contributed by atoms with E-state index in [1.807, 2.05) is 12.1 Å². The van der Waals surface area contributed by atoms with Crippen LogP contribution in [-0.2, 0) is 4.79 Å². The van der Waals surface area contributed by atoms with Crippen molar-refractivity contribution >= 4 is 24.0 Å². The van der Waals surface area contributed by atoms with E-state index in [-0.39, 0.29) is 29.0 Å². The predicted octanol–water partition coefficient (Wildman–Crippen LogP) is 5.80. The molecular weight excluding hydrogens is 480 g/mol. The number of carbonyl (C=O) groups is 4. The maximum Gasteiger partial charge on any atom is 0.335 e. The number of hydrogen-bond donors (Lipinski definition) is 1. The molecule has 0 radical (unpaired) electrons. The van der Waals surface area contributed by atoms with Gasteiger partial charge in [0.15, 0.2) is 11.6 Å². The quantitative estimate of drug-likeness (QED) is 0.229. The minimum atomic E-state index is -1.04. The molecule has 6 heteroatoms. The summed E-state index contributed by atoms with van der Waals surface area (Å²) in [6.07, 6.45) is 0. The van der Waals surface area contributed by atoms with Gasteiger partial charge in [0.1, 0.15) is 5.75 Å². The van der Waals surface area contributed by atoms with Gasteiger partial charge in [0.2, 0.25) is 0 Å². The number of carboxylic acid groups (broad SMARTS) is 1. The lowest BCUT2D eigenvalue weighted by atomic mass is 9.49. The molecule has 5 rings (SSSR count). The Morgan fingerprint density at radius 1 is 0.579 bits per heavy atom. The number of ether oxygens (including phenoxy) is 1. The third kappa shape index (κ3) is 4.64. The van der Waals surface area contributed by atoms with Gasteiger partial charge in [-0.2, -0.15) is 0 Å². The molecule has 1 aliphatic carbocycles. The predicted molar refractivity (Wildman–Crippen MR) is 141 cm³/mol. The average molecular weight is 505 g/mol. The molecule has 1 fully saturated rings. The lowest BCUT2D eigenvalue weighted by Gasteiger charge is -2.51. The SMILES string of the molecule is O=COc1ccc([C@@H]2[C@@H](C(=O)c3ccccc3)[C@@H](C(=O)c3ccccc3)[C@@H]2c2ccc(C(=O)O)cc2)cc1. The van der Waals surface area contributed by atoms with Crippen LogP contribution in [0.5, 0.6) is 5.75 Å². The minimum Gasteiger partial charge on any atom is -0.478 e. The zero-order chi connectivity index (χ0) is 26.6. The van der Waals surface area contributed by atoms with Crippen LogP contribution in [0.2, 0.25) is 0 Å². The first-order valence-corrected chi connectivity index (χ1v) is 12.2. The highest BCUT2D eigenvalue weighted by molar-refractivity contribution is 6.07. The fraction of sp³-hybridized carbons (Fsp3) is 0.125. The molecule has 4 aromatic carbocycles. The molecule has 0 bridgehead atoms. The lowest BCUT2D eigenvalue weighted by molar-refractivity contribution is -0.120. The van der Waals surface area contributed by atoms with Crippen LogP contribution in [0, 0.1) is 11.8 Å². The largest absolute Gasteiger partial charge is 0.478 e. The first kappa shape index (κ1) is 24.8. The average Bonchev–Trinajstić information content (AvgIpc) is 2.94. The highest BCUT2D eigenvalue weighted by Crippen LogP contribution is 2.59. The fourth-order valence-corrected chi connectivity index (χ4v) is 5.49. The maximum absolute atomic E-state index is 13.9. The van der Waals surface area contributed by atoms with Crippen molar-refractivity contribution in [3.8, 4) is 5.75 Å². The van der Waals surface area contributed by atoms with E-state index in [9.17, 15) is 24.3 Å². The van der Waals surface area contributed by atoms with Crippen LogP contribution < -0.4 is 4.74 Å². The van der Waals surface area contributed by atoms with E-state index in [4.69, 9.17) is 4.74 Å². The summed E-state index contributed by atoms with van der Waals surface area (Å²) in [6, 6.07) is 31.2. The number of hydrogen-bond acceptors (Lipinski definition) is 5. The Kier molecular flexibility index (Phi) is 6.96. The first-order valence-electron chi connectivity index (χ1n) is 12.2. The number of benzene rings is 4. The second-order valence-corrected chi connectivity index (χ2v) is 9.27. The van der Waals surface area contributed by atoms with Crippen LogP contribution in [0.3, 0.4) is 0 Å². The van der Waals surface area contributed by atoms with E-state index >= 15 is 0 Å². The Morgan fingerprint density at radius 3 is 1.39 bits per heavy atom. The van der Waals surface area contributed by atoms with Gasteiger partial charge in [-0.05, 0) is 35.4 Å². The van der Waals surface area contributed by atoms with Crippen molar-refractivity contribution in [2.24, 2.45) is 11.8 Å². The summed E-state index contributed by atoms with van der Waals surface area (Å²) in [5.41, 5.74) is 2.78. The number of rotatable bonds is 9. The maximum atomic E-state index is 13.9. The number of carboxylic acids is 1. The molecule has 1 saturated carbocycles. The highest BCUT2D eigenvalue weighted by atomic mass is 16.5. The van der Waals surface area contributed by atoms with Crippen LogP contribution >= 0.6 is 0 Å². The van der Waals surface area contributed by atoms with Crippen molar-refractivity contribution < 1.29 is 29.0 Å². The van der Waals surface area contributed by atoms with E-state index < -0.39 is 17.8 Å². The van der Waals surface area contributed by atoms with E-state index in [2.05, 4.69) is 0 Å². The van der Waals surface area contributed by atoms with Gasteiger partial charge >= 0.3 is 5.97 Å². The first-order chi connectivity index (χ1) is 18.5. The Hall–Kier alpha value is -4.84. The fourth-order valence-electron chi connectivity index (χ4n) is 5.49. The van der Waals surface area contributed by atoms with Crippen molar-refractivity contribution in [2.75, 3.05) is 0 Å². The Balaban J connectivity index is 1.64. The van der Waals surface area contributed by atoms with Crippen LogP contribution in [0.25, 0.3) is 0 Å². The van der Waals surface area contributed by atoms with Crippen molar-refractivity contribution in [1.29, 1.82) is 0 Å². The van der Waals surface area contributed by atoms with Gasteiger partial charge < -0.3 is 9.84 Å². The Labute approximate surface area is 219 Å². The van der Waals surface area contributed by atoms with Gasteiger partial charge in [-0.3, -0.25) is 14.4 Å². The normalized spacial score (nSPS) is 20.1. The van der Waals surface area contributed by atoms with Crippen LogP contribution in [-0.4, -0.2) is 29.1 Å². The van der Waals surface area contributed by atoms with Gasteiger partial charge in [0, 0.05) is 34.8 Å². The van der Waals surface area contributed by atoms with E-state index in [0.29, 0.717) is 23.3 Å². The van der Waals surface area contributed by atoms with Crippen LogP contribution in [0.15, 0.2) is 109 Å². The summed E-state index contributed by atoms with van der Waals surface area (Å²) in [5.74, 6) is -2.97. The summed E-state index contributed by atoms with van der Waals surface area (Å²) >= 11 is 0. The van der Waals surface area contributed by atoms with Gasteiger partial charge in [-0.25, -0.2) is 4.79 Å². The number of aromatic carboxylic acids is 1. The van der Waals surface area contributed by atoms with Crippen LogP contribution in [0.1, 0.15) is 54.0 Å². The topological polar surface area (TPSA) is 97.7 Å². The van der Waals surface area contributed by atoms with Crippen molar-refractivity contribution in [1.82, 2.24) is 0 Å². The monoisotopic (exact) mass is 504 g/mol. The molecule has 0 amide bonds. The smallest absolute Gasteiger partial charge is 0.335 e. The van der Waals surface area contributed by atoms with Gasteiger partial charge in [0.25, 0.3) is 6.47 Å². The Morgan fingerprint density at radius 2 is 1.00 bits per heavy atom.